The van der Waals surface area contributed by atoms with Crippen LogP contribution in [0.4, 0.5) is 0 Å². The lowest BCUT2D eigenvalue weighted by molar-refractivity contribution is -0.870. The van der Waals surface area contributed by atoms with Crippen molar-refractivity contribution in [3.63, 3.8) is 0 Å². The number of phosphoric ester groups is 1. The van der Waals surface area contributed by atoms with Gasteiger partial charge < -0.3 is 18.9 Å². The molecule has 0 aromatic heterocycles. The van der Waals surface area contributed by atoms with Crippen molar-refractivity contribution in [2.24, 2.45) is 0 Å². The maximum atomic E-state index is 12.6. The maximum absolute atomic E-state index is 12.6. The molecule has 0 fully saturated rings. The predicted octanol–water partition coefficient (Wildman–Crippen LogP) is 9.68. The third-order valence-electron chi connectivity index (χ3n) is 8.14. The lowest BCUT2D eigenvalue weighted by Gasteiger charge is -2.24. The topological polar surface area (TPSA) is 108 Å². The molecule has 0 rings (SSSR count). The van der Waals surface area contributed by atoms with Crippen LogP contribution >= 0.6 is 7.82 Å². The number of esters is 2. The monoisotopic (exact) mass is 679 g/mol. The number of ether oxygens (including phenoxy) is 2. The van der Waals surface area contributed by atoms with E-state index in [4.69, 9.17) is 18.5 Å². The largest absolute Gasteiger partial charge is 0.472 e. The van der Waals surface area contributed by atoms with Crippen molar-refractivity contribution in [3.05, 3.63) is 0 Å². The fourth-order valence-corrected chi connectivity index (χ4v) is 5.87. The standard InChI is InChI=1S/C36H72NO8P/c1-6-8-10-12-14-16-18-19-21-23-25-27-29-36(39)45-34(33-44-46(40,41)43-31-30-37(3,4)5)32-42-35(38)28-26-24-22-20-17-15-13-11-9-7-2/h34H,6-33H2,1-5H3/p+1. The minimum atomic E-state index is -4.35. The van der Waals surface area contributed by atoms with Crippen LogP contribution < -0.4 is 0 Å². The molecule has 9 nitrogen and oxygen atoms in total. The van der Waals surface area contributed by atoms with Crippen molar-refractivity contribution in [2.45, 2.75) is 174 Å². The number of rotatable bonds is 34. The van der Waals surface area contributed by atoms with Gasteiger partial charge in [-0.1, -0.05) is 142 Å². The number of likely N-dealkylation sites (N-methyl/N-ethyl adjacent to an activating group) is 1. The van der Waals surface area contributed by atoms with Crippen LogP contribution in [-0.2, 0) is 32.7 Å². The number of quaternary nitrogens is 1. The predicted molar refractivity (Wildman–Crippen MR) is 188 cm³/mol. The lowest BCUT2D eigenvalue weighted by atomic mass is 10.0. The van der Waals surface area contributed by atoms with E-state index in [1.165, 1.54) is 103 Å². The van der Waals surface area contributed by atoms with E-state index >= 15 is 0 Å². The van der Waals surface area contributed by atoms with Crippen molar-refractivity contribution >= 4 is 19.8 Å². The molecular formula is C36H73NO8P+. The molecule has 0 spiro atoms. The summed E-state index contributed by atoms with van der Waals surface area (Å²) in [5.74, 6) is -0.793. The summed E-state index contributed by atoms with van der Waals surface area (Å²) in [5.41, 5.74) is 0. The minimum absolute atomic E-state index is 0.0362. The molecule has 0 bridgehead atoms. The summed E-state index contributed by atoms with van der Waals surface area (Å²) >= 11 is 0. The molecule has 0 aromatic rings. The molecule has 274 valence electrons. The van der Waals surface area contributed by atoms with E-state index in [2.05, 4.69) is 13.8 Å². The van der Waals surface area contributed by atoms with Gasteiger partial charge in [-0.2, -0.15) is 0 Å². The first-order valence-electron chi connectivity index (χ1n) is 18.8. The van der Waals surface area contributed by atoms with Crippen molar-refractivity contribution in [1.82, 2.24) is 0 Å². The quantitative estimate of drug-likeness (QED) is 0.0310. The van der Waals surface area contributed by atoms with Gasteiger partial charge in [-0.05, 0) is 12.8 Å². The molecule has 0 aromatic carbocycles. The number of unbranched alkanes of at least 4 members (excludes halogenated alkanes) is 20. The van der Waals surface area contributed by atoms with E-state index in [0.717, 1.165) is 32.1 Å². The van der Waals surface area contributed by atoms with E-state index in [9.17, 15) is 19.0 Å². The third kappa shape index (κ3) is 32.9. The zero-order valence-electron chi connectivity index (χ0n) is 30.6. The van der Waals surface area contributed by atoms with Crippen LogP contribution in [0.2, 0.25) is 0 Å². The molecule has 2 unspecified atom stereocenters. The van der Waals surface area contributed by atoms with Crippen LogP contribution in [-0.4, -0.2) is 74.9 Å². The third-order valence-corrected chi connectivity index (χ3v) is 9.12. The summed E-state index contributed by atoms with van der Waals surface area (Å²) in [6.07, 6.45) is 25.7. The van der Waals surface area contributed by atoms with E-state index in [0.29, 0.717) is 23.9 Å². The smallest absolute Gasteiger partial charge is 0.462 e. The van der Waals surface area contributed by atoms with Crippen LogP contribution in [0, 0.1) is 0 Å². The van der Waals surface area contributed by atoms with Crippen LogP contribution in [0.15, 0.2) is 0 Å². The van der Waals surface area contributed by atoms with Crippen LogP contribution in [0.5, 0.6) is 0 Å². The zero-order valence-corrected chi connectivity index (χ0v) is 31.5. The van der Waals surface area contributed by atoms with E-state index in [-0.39, 0.29) is 25.6 Å². The maximum Gasteiger partial charge on any atom is 0.472 e. The Hall–Kier alpha value is -0.990. The number of carbonyl (C=O) groups is 2. The van der Waals surface area contributed by atoms with Gasteiger partial charge in [0.1, 0.15) is 19.8 Å². The second kappa shape index (κ2) is 30.1. The number of phosphoric acid groups is 1. The Morgan fingerprint density at radius 1 is 0.587 bits per heavy atom. The summed E-state index contributed by atoms with van der Waals surface area (Å²) in [5, 5.41) is 0. The van der Waals surface area contributed by atoms with Gasteiger partial charge in [-0.3, -0.25) is 18.6 Å². The Bertz CT molecular complexity index is 774. The average Bonchev–Trinajstić information content (AvgIpc) is 2.99. The minimum Gasteiger partial charge on any atom is -0.462 e. The van der Waals surface area contributed by atoms with Gasteiger partial charge >= 0.3 is 19.8 Å². The SMILES string of the molecule is CCCCCCCCCCCCCCC(=O)OC(COC(=O)CCCCCCCCCCCC)COP(=O)(O)OCC[N+](C)(C)C. The number of hydrogen-bond donors (Lipinski definition) is 1. The fraction of sp³-hybridized carbons (Fsp3) is 0.944. The highest BCUT2D eigenvalue weighted by Crippen LogP contribution is 2.43. The van der Waals surface area contributed by atoms with Crippen molar-refractivity contribution in [1.29, 1.82) is 0 Å². The van der Waals surface area contributed by atoms with E-state index < -0.39 is 26.5 Å². The van der Waals surface area contributed by atoms with Gasteiger partial charge in [-0.15, -0.1) is 0 Å². The zero-order chi connectivity index (χ0) is 34.4. The Labute approximate surface area is 283 Å². The summed E-state index contributed by atoms with van der Waals surface area (Å²) in [7, 11) is 1.49. The van der Waals surface area contributed by atoms with Gasteiger partial charge in [0, 0.05) is 12.8 Å². The molecule has 0 saturated heterocycles. The highest BCUT2D eigenvalue weighted by molar-refractivity contribution is 7.47. The van der Waals surface area contributed by atoms with Gasteiger partial charge in [0.05, 0.1) is 27.7 Å². The summed E-state index contributed by atoms with van der Waals surface area (Å²) in [6, 6.07) is 0. The Morgan fingerprint density at radius 2 is 0.978 bits per heavy atom. The molecule has 2 atom stereocenters. The number of carbonyl (C=O) groups excluding carboxylic acids is 2. The summed E-state index contributed by atoms with van der Waals surface area (Å²) in [6.45, 7) is 4.40. The molecule has 0 aliphatic heterocycles. The van der Waals surface area contributed by atoms with Gasteiger partial charge in [0.15, 0.2) is 6.10 Å². The molecule has 0 aliphatic carbocycles. The molecular weight excluding hydrogens is 605 g/mol. The molecule has 1 N–H and O–H groups in total. The first-order valence-corrected chi connectivity index (χ1v) is 20.3. The summed E-state index contributed by atoms with van der Waals surface area (Å²) in [4.78, 5) is 35.1. The van der Waals surface area contributed by atoms with Crippen molar-refractivity contribution < 1.29 is 42.1 Å². The Kier molecular flexibility index (Phi) is 29.4. The molecule has 10 heteroatoms. The van der Waals surface area contributed by atoms with Gasteiger partial charge in [-0.25, -0.2) is 4.57 Å². The lowest BCUT2D eigenvalue weighted by Crippen LogP contribution is -2.37. The van der Waals surface area contributed by atoms with Crippen LogP contribution in [0.25, 0.3) is 0 Å². The van der Waals surface area contributed by atoms with Crippen molar-refractivity contribution in [3.8, 4) is 0 Å². The molecule has 46 heavy (non-hydrogen) atoms. The van der Waals surface area contributed by atoms with Crippen molar-refractivity contribution in [2.75, 3.05) is 47.5 Å². The van der Waals surface area contributed by atoms with E-state index in [1.807, 2.05) is 21.1 Å². The Balaban J connectivity index is 4.44. The van der Waals surface area contributed by atoms with Gasteiger partial charge in [0.2, 0.25) is 0 Å². The average molecular weight is 679 g/mol. The van der Waals surface area contributed by atoms with Crippen LogP contribution in [0.1, 0.15) is 168 Å². The first-order chi connectivity index (χ1) is 22.0. The molecule has 0 amide bonds. The second-order valence-electron chi connectivity index (χ2n) is 14.0. The molecule has 0 saturated carbocycles. The first kappa shape index (κ1) is 45.0. The summed E-state index contributed by atoms with van der Waals surface area (Å²) < 4.78 is 34.1. The Morgan fingerprint density at radius 3 is 1.39 bits per heavy atom. The molecule has 0 aliphatic rings. The molecule has 0 radical (unpaired) electrons. The normalized spacial score (nSPS) is 13.8. The van der Waals surface area contributed by atoms with Crippen LogP contribution in [0.3, 0.4) is 0 Å². The number of nitrogens with zero attached hydrogens (tertiary/aromatic N) is 1. The second-order valence-corrected chi connectivity index (χ2v) is 15.4. The highest BCUT2D eigenvalue weighted by atomic mass is 31.2. The fourth-order valence-electron chi connectivity index (χ4n) is 5.13. The highest BCUT2D eigenvalue weighted by Gasteiger charge is 2.27. The van der Waals surface area contributed by atoms with Gasteiger partial charge in [0.25, 0.3) is 0 Å². The molecule has 0 heterocycles. The van der Waals surface area contributed by atoms with E-state index in [1.54, 1.807) is 0 Å². The number of hydrogen-bond acceptors (Lipinski definition) is 7.